The lowest BCUT2D eigenvalue weighted by Crippen LogP contribution is -2.56. The summed E-state index contributed by atoms with van der Waals surface area (Å²) in [7, 11) is 1.43. The highest BCUT2D eigenvalue weighted by atomic mass is 32.1. The first-order valence-electron chi connectivity index (χ1n) is 10.5. The Balaban J connectivity index is 1.63. The van der Waals surface area contributed by atoms with Crippen molar-refractivity contribution in [3.8, 4) is 6.07 Å². The zero-order valence-corrected chi connectivity index (χ0v) is 19.9. The predicted molar refractivity (Wildman–Crippen MR) is 122 cm³/mol. The van der Waals surface area contributed by atoms with Crippen molar-refractivity contribution in [3.63, 3.8) is 0 Å². The molecule has 3 fully saturated rings. The molecular formula is C21H25F2N5O3PS+. The predicted octanol–water partition coefficient (Wildman–Crippen LogP) is 4.84. The largest absolute Gasteiger partial charge is 0.347 e. The molecule has 1 aromatic heterocycles. The number of thiazole rings is 1. The van der Waals surface area contributed by atoms with E-state index in [1.165, 1.54) is 21.5 Å². The van der Waals surface area contributed by atoms with Crippen LogP contribution in [0.2, 0.25) is 0 Å². The van der Waals surface area contributed by atoms with E-state index in [2.05, 4.69) is 21.8 Å². The van der Waals surface area contributed by atoms with Gasteiger partial charge in [0.05, 0.1) is 27.0 Å². The van der Waals surface area contributed by atoms with Gasteiger partial charge in [-0.05, 0) is 57.6 Å². The van der Waals surface area contributed by atoms with E-state index >= 15 is 0 Å². The quantitative estimate of drug-likeness (QED) is 0.258. The summed E-state index contributed by atoms with van der Waals surface area (Å²) in [6, 6.07) is 5.82. The minimum atomic E-state index is -3.28. The van der Waals surface area contributed by atoms with Crippen LogP contribution in [0.25, 0.3) is 0 Å². The molecule has 0 spiro atoms. The van der Waals surface area contributed by atoms with Gasteiger partial charge in [0.15, 0.2) is 0 Å². The van der Waals surface area contributed by atoms with Gasteiger partial charge in [-0.3, -0.25) is 4.79 Å². The summed E-state index contributed by atoms with van der Waals surface area (Å²) >= 11 is 0.996. The van der Waals surface area contributed by atoms with Gasteiger partial charge >= 0.3 is 5.00 Å². The number of nitrogens with one attached hydrogen (secondary N) is 2. The third-order valence-electron chi connectivity index (χ3n) is 6.70. The zero-order chi connectivity index (χ0) is 24.1. The molecule has 3 aliphatic rings. The number of fused-ring (bicyclic) bond motifs is 3. The van der Waals surface area contributed by atoms with Crippen molar-refractivity contribution in [2.24, 2.45) is 5.41 Å². The number of aromatic nitrogens is 1. The maximum atomic E-state index is 14.0. The number of benzene rings is 1. The number of nitriles is 1. The molecule has 5 rings (SSSR count). The number of aryl methyl sites for hydroxylation is 1. The first-order valence-corrected chi connectivity index (χ1v) is 11.9. The maximum Gasteiger partial charge on any atom is 0.302 e. The van der Waals surface area contributed by atoms with E-state index < -0.39 is 27.6 Å². The molecule has 3 saturated carbocycles. The second kappa shape index (κ2) is 8.22. The average Bonchev–Trinajstić information content (AvgIpc) is 3.21. The number of hydrogen-bond donors (Lipinski definition) is 4. The lowest BCUT2D eigenvalue weighted by Gasteiger charge is -2.50. The number of carbonyl (C=O) groups excluding carboxylic acids is 1. The van der Waals surface area contributed by atoms with Crippen LogP contribution >= 0.6 is 20.6 Å². The molecule has 3 aliphatic carbocycles. The van der Waals surface area contributed by atoms with E-state index in [9.17, 15) is 29.3 Å². The van der Waals surface area contributed by atoms with Crippen molar-refractivity contribution in [2.75, 3.05) is 5.43 Å². The fraction of sp³-hybridized carbons (Fsp3) is 0.476. The van der Waals surface area contributed by atoms with Gasteiger partial charge in [-0.15, -0.1) is 10.4 Å². The Morgan fingerprint density at radius 2 is 1.91 bits per heavy atom. The van der Waals surface area contributed by atoms with Crippen LogP contribution in [0.3, 0.4) is 0 Å². The minimum Gasteiger partial charge on any atom is -0.347 e. The van der Waals surface area contributed by atoms with Gasteiger partial charge in [-0.1, -0.05) is 26.6 Å². The third kappa shape index (κ3) is 4.72. The molecule has 0 saturated heterocycles. The van der Waals surface area contributed by atoms with Crippen molar-refractivity contribution in [1.29, 1.82) is 5.26 Å². The summed E-state index contributed by atoms with van der Waals surface area (Å²) in [5.41, 5.74) is -2.27. The van der Waals surface area contributed by atoms with Crippen LogP contribution < -0.4 is 15.7 Å². The first kappa shape index (κ1) is 23.9. The van der Waals surface area contributed by atoms with Gasteiger partial charge < -0.3 is 5.32 Å². The minimum absolute atomic E-state index is 0.00287. The SMILES string of the molecule is Cc1ncc([N+](O)(O)Nc2cc(C(F)(F)P)ccc2C(=O)NC23CCC(C#N)(CC2)CC3)s1. The molecule has 1 heterocycles. The molecule has 1 unspecified atom stereocenters. The molecule has 4 N–H and O–H groups in total. The number of amides is 1. The van der Waals surface area contributed by atoms with Gasteiger partial charge in [0.2, 0.25) is 0 Å². The van der Waals surface area contributed by atoms with Crippen molar-refractivity contribution in [1.82, 2.24) is 15.2 Å². The van der Waals surface area contributed by atoms with Gasteiger partial charge in [0.25, 0.3) is 11.6 Å². The molecule has 1 amide bonds. The van der Waals surface area contributed by atoms with E-state index in [0.717, 1.165) is 23.5 Å². The first-order chi connectivity index (χ1) is 15.4. The number of quaternary nitrogens is 1. The van der Waals surface area contributed by atoms with Crippen LogP contribution in [0.1, 0.15) is 59.5 Å². The Bertz CT molecular complexity index is 1100. The molecule has 0 radical (unpaired) electrons. The highest BCUT2D eigenvalue weighted by molar-refractivity contribution is 7.17. The van der Waals surface area contributed by atoms with Crippen LogP contribution in [0.4, 0.5) is 19.5 Å². The summed E-state index contributed by atoms with van der Waals surface area (Å²) in [6.45, 7) is 1.68. The summed E-state index contributed by atoms with van der Waals surface area (Å²) in [6.07, 6.45) is 5.33. The molecule has 33 heavy (non-hydrogen) atoms. The number of carbonyl (C=O) groups is 1. The van der Waals surface area contributed by atoms with Crippen LogP contribution in [-0.4, -0.2) is 26.8 Å². The molecule has 1 aromatic carbocycles. The fourth-order valence-electron chi connectivity index (χ4n) is 4.61. The number of nitrogens with zero attached hydrogens (tertiary/aromatic N) is 3. The standard InChI is InChI=1S/C21H24F2N5O3PS/c1-13-25-11-17(33-13)28(30,31)27-16-10-14(21(22,23)32)2-3-15(16)18(29)26-20-7-4-19(12-24,5-8-20)6-9-20/h2-3,10-11,30-31H,4-9,32H2,1H3,(H-,26,27,29)/p+1. The maximum absolute atomic E-state index is 14.0. The van der Waals surface area contributed by atoms with Gasteiger partial charge in [-0.25, -0.2) is 4.98 Å². The van der Waals surface area contributed by atoms with Crippen molar-refractivity contribution in [2.45, 2.75) is 56.7 Å². The summed E-state index contributed by atoms with van der Waals surface area (Å²) < 4.78 is 27.9. The number of halogens is 2. The van der Waals surface area contributed by atoms with Gasteiger partial charge in [0, 0.05) is 11.1 Å². The molecule has 176 valence electrons. The number of hydrogen-bond acceptors (Lipinski definition) is 7. The van der Waals surface area contributed by atoms with E-state index in [-0.39, 0.29) is 21.7 Å². The van der Waals surface area contributed by atoms with Gasteiger partial charge in [-0.2, -0.15) is 19.5 Å². The van der Waals surface area contributed by atoms with E-state index in [1.807, 2.05) is 0 Å². The van der Waals surface area contributed by atoms with Crippen LogP contribution in [0.15, 0.2) is 24.4 Å². The van der Waals surface area contributed by atoms with Crippen LogP contribution in [0, 0.1) is 23.7 Å². The highest BCUT2D eigenvalue weighted by Crippen LogP contribution is 2.52. The van der Waals surface area contributed by atoms with Crippen molar-refractivity contribution in [3.05, 3.63) is 40.5 Å². The van der Waals surface area contributed by atoms with E-state index in [4.69, 9.17) is 0 Å². The average molecular weight is 497 g/mol. The second-order valence-corrected chi connectivity index (χ2v) is 10.9. The molecule has 1 atom stereocenters. The van der Waals surface area contributed by atoms with Gasteiger partial charge in [0.1, 0.15) is 11.9 Å². The summed E-state index contributed by atoms with van der Waals surface area (Å²) in [5, 5.41) is 34.2. The Morgan fingerprint density at radius 1 is 1.27 bits per heavy atom. The highest BCUT2D eigenvalue weighted by Gasteiger charge is 2.49. The molecule has 2 aromatic rings. The van der Waals surface area contributed by atoms with E-state index in [1.54, 1.807) is 6.92 Å². The lowest BCUT2D eigenvalue weighted by molar-refractivity contribution is -0.270. The molecule has 12 heteroatoms. The Labute approximate surface area is 195 Å². The smallest absolute Gasteiger partial charge is 0.302 e. The fourth-order valence-corrected chi connectivity index (χ4v) is 5.47. The topological polar surface area (TPSA) is 118 Å². The van der Waals surface area contributed by atoms with Crippen molar-refractivity contribution < 1.29 is 24.0 Å². The number of anilines is 1. The number of rotatable bonds is 6. The van der Waals surface area contributed by atoms with Crippen LogP contribution in [-0.2, 0) is 5.66 Å². The monoisotopic (exact) mass is 496 g/mol. The zero-order valence-electron chi connectivity index (χ0n) is 17.9. The summed E-state index contributed by atoms with van der Waals surface area (Å²) in [5.74, 6) is -0.511. The molecule has 2 bridgehead atoms. The molecule has 8 nitrogen and oxygen atoms in total. The van der Waals surface area contributed by atoms with Crippen molar-refractivity contribution >= 4 is 37.2 Å². The number of alkyl halides is 2. The third-order valence-corrected chi connectivity index (χ3v) is 8.01. The Hall–Kier alpha value is -2.22. The lowest BCUT2D eigenvalue weighted by atomic mass is 9.58. The molecular weight excluding hydrogens is 471 g/mol. The van der Waals surface area contributed by atoms with E-state index in [0.29, 0.717) is 43.5 Å². The Kier molecular flexibility index (Phi) is 5.96. The summed E-state index contributed by atoms with van der Waals surface area (Å²) in [4.78, 5) is 15.4. The molecule has 0 aliphatic heterocycles. The van der Waals surface area contributed by atoms with Crippen LogP contribution in [0.5, 0.6) is 0 Å². The second-order valence-electron chi connectivity index (χ2n) is 8.94. The Morgan fingerprint density at radius 3 is 2.42 bits per heavy atom. The normalized spacial score (nSPS) is 24.9.